The van der Waals surface area contributed by atoms with Gasteiger partial charge in [-0.1, -0.05) is 6.92 Å². The lowest BCUT2D eigenvalue weighted by Crippen LogP contribution is -2.26. The number of aromatic nitrogens is 2. The highest BCUT2D eigenvalue weighted by atomic mass is 16.4. The monoisotopic (exact) mass is 210 g/mol. The minimum atomic E-state index is -0.905. The Morgan fingerprint density at radius 3 is 2.80 bits per heavy atom. The topological polar surface area (TPSA) is 72.2 Å². The molecule has 1 heterocycles. The molecule has 0 aliphatic heterocycles. The fourth-order valence-corrected chi connectivity index (χ4v) is 1.23. The highest BCUT2D eigenvalue weighted by Crippen LogP contribution is 2.03. The van der Waals surface area contributed by atoms with Gasteiger partial charge in [0.15, 0.2) is 0 Å². The molecule has 82 valence electrons. The Labute approximate surface area is 87.4 Å². The first-order chi connectivity index (χ1) is 6.93. The number of hydrogen-bond acceptors (Lipinski definition) is 3. The van der Waals surface area contributed by atoms with Gasteiger partial charge in [0.25, 0.3) is 5.56 Å². The maximum Gasteiger partial charge on any atom is 0.306 e. The second kappa shape index (κ2) is 4.25. The van der Waals surface area contributed by atoms with Crippen molar-refractivity contribution in [1.82, 2.24) is 9.55 Å². The van der Waals surface area contributed by atoms with Crippen LogP contribution in [0.25, 0.3) is 0 Å². The van der Waals surface area contributed by atoms with Gasteiger partial charge in [-0.25, -0.2) is 4.98 Å². The van der Waals surface area contributed by atoms with Crippen molar-refractivity contribution in [3.05, 3.63) is 27.9 Å². The van der Waals surface area contributed by atoms with E-state index in [0.717, 1.165) is 0 Å². The van der Waals surface area contributed by atoms with Crippen LogP contribution in [0.4, 0.5) is 0 Å². The summed E-state index contributed by atoms with van der Waals surface area (Å²) >= 11 is 0. The summed E-state index contributed by atoms with van der Waals surface area (Å²) in [5.41, 5.74) is 0.272. The molecule has 1 rings (SSSR count). The Morgan fingerprint density at radius 1 is 1.67 bits per heavy atom. The molecular weight excluding hydrogens is 196 g/mol. The lowest BCUT2D eigenvalue weighted by molar-refractivity contribution is -0.141. The molecule has 0 amide bonds. The number of carboxylic acids is 1. The molecular formula is C10H14N2O3. The summed E-state index contributed by atoms with van der Waals surface area (Å²) in [7, 11) is 1.62. The van der Waals surface area contributed by atoms with Crippen LogP contribution in [-0.2, 0) is 18.3 Å². The molecule has 0 fully saturated rings. The summed E-state index contributed by atoms with van der Waals surface area (Å²) in [6, 6.07) is 0. The maximum absolute atomic E-state index is 11.7. The normalized spacial score (nSPS) is 12.5. The van der Waals surface area contributed by atoms with Crippen molar-refractivity contribution in [2.24, 2.45) is 13.0 Å². The van der Waals surface area contributed by atoms with Gasteiger partial charge >= 0.3 is 5.97 Å². The summed E-state index contributed by atoms with van der Waals surface area (Å²) in [5.74, 6) is -0.855. The summed E-state index contributed by atoms with van der Waals surface area (Å²) in [5, 5.41) is 8.73. The molecule has 15 heavy (non-hydrogen) atoms. The Bertz CT molecular complexity index is 437. The molecule has 1 unspecified atom stereocenters. The average molecular weight is 210 g/mol. The Kier molecular flexibility index (Phi) is 3.24. The van der Waals surface area contributed by atoms with Gasteiger partial charge in [-0.05, 0) is 13.3 Å². The first kappa shape index (κ1) is 11.4. The first-order valence-electron chi connectivity index (χ1n) is 4.67. The molecule has 0 saturated carbocycles. The summed E-state index contributed by atoms with van der Waals surface area (Å²) in [4.78, 5) is 26.3. The van der Waals surface area contributed by atoms with Crippen LogP contribution < -0.4 is 5.56 Å². The van der Waals surface area contributed by atoms with Crippen molar-refractivity contribution in [2.45, 2.75) is 20.3 Å². The minimum Gasteiger partial charge on any atom is -0.481 e. The number of aliphatic carboxylic acids is 1. The van der Waals surface area contributed by atoms with Gasteiger partial charge < -0.3 is 5.11 Å². The lowest BCUT2D eigenvalue weighted by Gasteiger charge is -2.08. The highest BCUT2D eigenvalue weighted by molar-refractivity contribution is 5.69. The fraction of sp³-hybridized carbons (Fsp3) is 0.500. The number of nitrogens with zero attached hydrogens (tertiary/aromatic N) is 2. The zero-order valence-corrected chi connectivity index (χ0v) is 9.02. The molecule has 0 aliphatic carbocycles. The van der Waals surface area contributed by atoms with Crippen molar-refractivity contribution in [1.29, 1.82) is 0 Å². The average Bonchev–Trinajstić information content (AvgIpc) is 2.18. The molecule has 1 aromatic rings. The standard InChI is InChI=1S/C10H14N2O3/c1-6(10(14)15)4-8-5-11-7(2)12(3)9(8)13/h5-6H,4H2,1-3H3,(H,14,15). The third-order valence-corrected chi connectivity index (χ3v) is 2.42. The van der Waals surface area contributed by atoms with E-state index in [4.69, 9.17) is 5.11 Å². The fourth-order valence-electron chi connectivity index (χ4n) is 1.23. The molecule has 0 aliphatic rings. The van der Waals surface area contributed by atoms with Crippen LogP contribution in [0, 0.1) is 12.8 Å². The van der Waals surface area contributed by atoms with Crippen molar-refractivity contribution < 1.29 is 9.90 Å². The van der Waals surface area contributed by atoms with Gasteiger partial charge in [-0.3, -0.25) is 14.2 Å². The smallest absolute Gasteiger partial charge is 0.306 e. The van der Waals surface area contributed by atoms with E-state index in [-0.39, 0.29) is 12.0 Å². The zero-order chi connectivity index (χ0) is 11.6. The van der Waals surface area contributed by atoms with E-state index in [2.05, 4.69) is 4.98 Å². The Morgan fingerprint density at radius 2 is 2.27 bits per heavy atom. The quantitative estimate of drug-likeness (QED) is 0.781. The van der Waals surface area contributed by atoms with Gasteiger partial charge in [-0.15, -0.1) is 0 Å². The predicted octanol–water partition coefficient (Wildman–Crippen LogP) is 0.352. The van der Waals surface area contributed by atoms with Gasteiger partial charge in [0, 0.05) is 18.8 Å². The number of rotatable bonds is 3. The molecule has 5 nitrogen and oxygen atoms in total. The van der Waals surface area contributed by atoms with Gasteiger partial charge in [0.05, 0.1) is 5.92 Å². The number of carboxylic acid groups (broad SMARTS) is 1. The second-order valence-corrected chi connectivity index (χ2v) is 3.64. The SMILES string of the molecule is Cc1ncc(CC(C)C(=O)O)c(=O)n1C. The van der Waals surface area contributed by atoms with Gasteiger partial charge in [0.1, 0.15) is 5.82 Å². The third-order valence-electron chi connectivity index (χ3n) is 2.42. The van der Waals surface area contributed by atoms with Crippen LogP contribution >= 0.6 is 0 Å². The summed E-state index contributed by atoms with van der Waals surface area (Å²) in [6.07, 6.45) is 1.67. The van der Waals surface area contributed by atoms with Crippen LogP contribution in [0.3, 0.4) is 0 Å². The van der Waals surface area contributed by atoms with Crippen molar-refractivity contribution in [3.8, 4) is 0 Å². The number of aryl methyl sites for hydroxylation is 1. The summed E-state index contributed by atoms with van der Waals surface area (Å²) < 4.78 is 1.42. The molecule has 5 heteroatoms. The van der Waals surface area contributed by atoms with E-state index in [1.54, 1.807) is 20.9 Å². The largest absolute Gasteiger partial charge is 0.481 e. The Hall–Kier alpha value is -1.65. The first-order valence-corrected chi connectivity index (χ1v) is 4.67. The van der Waals surface area contributed by atoms with E-state index in [1.165, 1.54) is 10.8 Å². The van der Waals surface area contributed by atoms with Crippen LogP contribution in [0.5, 0.6) is 0 Å². The number of hydrogen-bond donors (Lipinski definition) is 1. The molecule has 1 N–H and O–H groups in total. The van der Waals surface area contributed by atoms with Crippen molar-refractivity contribution >= 4 is 5.97 Å². The van der Waals surface area contributed by atoms with E-state index in [0.29, 0.717) is 11.4 Å². The minimum absolute atomic E-state index is 0.171. The lowest BCUT2D eigenvalue weighted by atomic mass is 10.0. The van der Waals surface area contributed by atoms with Crippen molar-refractivity contribution in [3.63, 3.8) is 0 Å². The van der Waals surface area contributed by atoms with E-state index in [1.807, 2.05) is 0 Å². The molecule has 1 atom stereocenters. The third kappa shape index (κ3) is 2.43. The molecule has 0 aromatic carbocycles. The maximum atomic E-state index is 11.7. The van der Waals surface area contributed by atoms with E-state index >= 15 is 0 Å². The van der Waals surface area contributed by atoms with E-state index < -0.39 is 11.9 Å². The van der Waals surface area contributed by atoms with Crippen LogP contribution in [0.15, 0.2) is 11.0 Å². The van der Waals surface area contributed by atoms with Gasteiger partial charge in [-0.2, -0.15) is 0 Å². The number of carbonyl (C=O) groups is 1. The van der Waals surface area contributed by atoms with Crippen LogP contribution in [0.2, 0.25) is 0 Å². The van der Waals surface area contributed by atoms with Crippen LogP contribution in [-0.4, -0.2) is 20.6 Å². The van der Waals surface area contributed by atoms with E-state index in [9.17, 15) is 9.59 Å². The van der Waals surface area contributed by atoms with Crippen LogP contribution in [0.1, 0.15) is 18.3 Å². The molecule has 0 saturated heterocycles. The molecule has 0 radical (unpaired) electrons. The van der Waals surface area contributed by atoms with Gasteiger partial charge in [0.2, 0.25) is 0 Å². The Balaban J connectivity index is 3.02. The molecule has 0 bridgehead atoms. The second-order valence-electron chi connectivity index (χ2n) is 3.64. The zero-order valence-electron chi connectivity index (χ0n) is 9.02. The summed E-state index contributed by atoms with van der Waals surface area (Å²) in [6.45, 7) is 3.30. The molecule has 1 aromatic heterocycles. The highest BCUT2D eigenvalue weighted by Gasteiger charge is 2.14. The van der Waals surface area contributed by atoms with Crippen molar-refractivity contribution in [2.75, 3.05) is 0 Å². The molecule has 0 spiro atoms. The predicted molar refractivity (Wildman–Crippen MR) is 54.7 cm³/mol.